The summed E-state index contributed by atoms with van der Waals surface area (Å²) < 4.78 is 0. The normalized spacial score (nSPS) is 17.0. The van der Waals surface area contributed by atoms with Crippen LogP contribution in [0.25, 0.3) is 0 Å². The van der Waals surface area contributed by atoms with Crippen LogP contribution >= 0.6 is 0 Å². The standard InChI is InChI=1S/C14H21N5/c1-2-12(18-14(17)19-13(15)16)11-7-9-5-3-4-6-10(9)8-11/h3-6,11-12H,2,7-8H2,1H3,(H6,15,16,17,18,19). The zero-order valence-electron chi connectivity index (χ0n) is 11.2. The molecule has 5 heteroatoms. The topological polar surface area (TPSA) is 103 Å². The van der Waals surface area contributed by atoms with E-state index in [1.165, 1.54) is 11.1 Å². The summed E-state index contributed by atoms with van der Waals surface area (Å²) in [6, 6.07) is 8.70. The summed E-state index contributed by atoms with van der Waals surface area (Å²) in [5, 5.41) is 0. The lowest BCUT2D eigenvalue weighted by atomic mass is 9.95. The van der Waals surface area contributed by atoms with E-state index in [1.807, 2.05) is 0 Å². The van der Waals surface area contributed by atoms with E-state index >= 15 is 0 Å². The van der Waals surface area contributed by atoms with Crippen molar-refractivity contribution < 1.29 is 0 Å². The van der Waals surface area contributed by atoms with E-state index in [2.05, 4.69) is 41.2 Å². The van der Waals surface area contributed by atoms with Crippen molar-refractivity contribution in [3.63, 3.8) is 0 Å². The van der Waals surface area contributed by atoms with Crippen LogP contribution in [0, 0.1) is 5.92 Å². The fourth-order valence-corrected chi connectivity index (χ4v) is 2.73. The molecule has 6 N–H and O–H groups in total. The zero-order valence-corrected chi connectivity index (χ0v) is 11.2. The Morgan fingerprint density at radius 1 is 1.21 bits per heavy atom. The van der Waals surface area contributed by atoms with Crippen LogP contribution in [0.2, 0.25) is 0 Å². The molecule has 0 aromatic heterocycles. The van der Waals surface area contributed by atoms with Gasteiger partial charge in [-0.3, -0.25) is 0 Å². The number of nitrogens with zero attached hydrogens (tertiary/aromatic N) is 2. The van der Waals surface area contributed by atoms with Crippen molar-refractivity contribution in [2.24, 2.45) is 33.1 Å². The van der Waals surface area contributed by atoms with Gasteiger partial charge in [0.2, 0.25) is 5.96 Å². The number of hydrogen-bond donors (Lipinski definition) is 3. The van der Waals surface area contributed by atoms with Crippen LogP contribution < -0.4 is 17.2 Å². The van der Waals surface area contributed by atoms with Crippen molar-refractivity contribution in [2.45, 2.75) is 32.2 Å². The summed E-state index contributed by atoms with van der Waals surface area (Å²) in [5.41, 5.74) is 19.2. The SMILES string of the molecule is CCC(N=C(N)N=C(N)N)C1Cc2ccccc2C1. The smallest absolute Gasteiger partial charge is 0.218 e. The summed E-state index contributed by atoms with van der Waals surface area (Å²) in [4.78, 5) is 8.23. The Morgan fingerprint density at radius 3 is 2.26 bits per heavy atom. The monoisotopic (exact) mass is 259 g/mol. The maximum Gasteiger partial charge on any atom is 0.218 e. The Hall–Kier alpha value is -2.04. The molecule has 1 unspecified atom stereocenters. The van der Waals surface area contributed by atoms with Gasteiger partial charge in [0.15, 0.2) is 5.96 Å². The van der Waals surface area contributed by atoms with Gasteiger partial charge in [-0.05, 0) is 36.3 Å². The van der Waals surface area contributed by atoms with Gasteiger partial charge >= 0.3 is 0 Å². The molecule has 5 nitrogen and oxygen atoms in total. The van der Waals surface area contributed by atoms with Crippen LogP contribution in [-0.2, 0) is 12.8 Å². The minimum absolute atomic E-state index is 0.0502. The van der Waals surface area contributed by atoms with Crippen molar-refractivity contribution in [3.05, 3.63) is 35.4 Å². The maximum atomic E-state index is 5.73. The molecule has 0 heterocycles. The molecule has 1 aliphatic rings. The second-order valence-electron chi connectivity index (χ2n) is 4.94. The van der Waals surface area contributed by atoms with Gasteiger partial charge in [-0.25, -0.2) is 4.99 Å². The van der Waals surface area contributed by atoms with E-state index in [0.717, 1.165) is 19.3 Å². The number of benzene rings is 1. The molecule has 1 aromatic rings. The van der Waals surface area contributed by atoms with Crippen molar-refractivity contribution in [3.8, 4) is 0 Å². The Bertz CT molecular complexity index is 477. The molecule has 1 atom stereocenters. The van der Waals surface area contributed by atoms with Gasteiger partial charge in [0, 0.05) is 0 Å². The molecular formula is C14H21N5. The molecule has 0 bridgehead atoms. The zero-order chi connectivity index (χ0) is 13.8. The summed E-state index contributed by atoms with van der Waals surface area (Å²) in [6.07, 6.45) is 3.03. The summed E-state index contributed by atoms with van der Waals surface area (Å²) in [6.45, 7) is 2.11. The predicted octanol–water partition coefficient (Wildman–Crippen LogP) is 0.768. The molecule has 1 aromatic carbocycles. The van der Waals surface area contributed by atoms with Crippen molar-refractivity contribution >= 4 is 11.9 Å². The van der Waals surface area contributed by atoms with E-state index in [1.54, 1.807) is 0 Å². The minimum Gasteiger partial charge on any atom is -0.370 e. The molecule has 0 aliphatic heterocycles. The molecule has 102 valence electrons. The van der Waals surface area contributed by atoms with Crippen LogP contribution in [0.3, 0.4) is 0 Å². The Balaban J connectivity index is 2.11. The third-order valence-corrected chi connectivity index (χ3v) is 3.59. The van der Waals surface area contributed by atoms with Gasteiger partial charge in [0.25, 0.3) is 0 Å². The Kier molecular flexibility index (Phi) is 4.04. The van der Waals surface area contributed by atoms with Gasteiger partial charge in [-0.2, -0.15) is 4.99 Å². The van der Waals surface area contributed by atoms with Crippen LogP contribution in [0.5, 0.6) is 0 Å². The average molecular weight is 259 g/mol. The van der Waals surface area contributed by atoms with E-state index in [-0.39, 0.29) is 18.0 Å². The first-order valence-corrected chi connectivity index (χ1v) is 6.59. The van der Waals surface area contributed by atoms with Crippen molar-refractivity contribution in [2.75, 3.05) is 0 Å². The first kappa shape index (κ1) is 13.4. The highest BCUT2D eigenvalue weighted by Gasteiger charge is 2.27. The molecule has 0 saturated heterocycles. The largest absolute Gasteiger partial charge is 0.370 e. The maximum absolute atomic E-state index is 5.73. The number of nitrogens with two attached hydrogens (primary N) is 3. The number of aliphatic imine (C=N–C) groups is 2. The van der Waals surface area contributed by atoms with E-state index in [9.17, 15) is 0 Å². The number of fused-ring (bicyclic) bond motifs is 1. The quantitative estimate of drug-likeness (QED) is 0.551. The van der Waals surface area contributed by atoms with Crippen LogP contribution in [0.15, 0.2) is 34.3 Å². The third-order valence-electron chi connectivity index (χ3n) is 3.59. The highest BCUT2D eigenvalue weighted by molar-refractivity contribution is 5.92. The van der Waals surface area contributed by atoms with Crippen LogP contribution in [0.4, 0.5) is 0 Å². The van der Waals surface area contributed by atoms with Crippen molar-refractivity contribution in [1.29, 1.82) is 0 Å². The number of rotatable bonds is 3. The number of guanidine groups is 2. The van der Waals surface area contributed by atoms with Crippen LogP contribution in [0.1, 0.15) is 24.5 Å². The predicted molar refractivity (Wildman–Crippen MR) is 78.9 cm³/mol. The average Bonchev–Trinajstić information content (AvgIpc) is 2.78. The molecule has 0 spiro atoms. The highest BCUT2D eigenvalue weighted by atomic mass is 15.1. The van der Waals surface area contributed by atoms with Gasteiger partial charge in [0.05, 0.1) is 6.04 Å². The Labute approximate surface area is 113 Å². The van der Waals surface area contributed by atoms with Gasteiger partial charge in [-0.1, -0.05) is 31.2 Å². The lowest BCUT2D eigenvalue weighted by Crippen LogP contribution is -2.28. The lowest BCUT2D eigenvalue weighted by Gasteiger charge is -2.17. The molecule has 0 fully saturated rings. The summed E-state index contributed by atoms with van der Waals surface area (Å²) in [5.74, 6) is 0.601. The summed E-state index contributed by atoms with van der Waals surface area (Å²) >= 11 is 0. The van der Waals surface area contributed by atoms with Gasteiger partial charge in [0.1, 0.15) is 0 Å². The Morgan fingerprint density at radius 2 is 1.79 bits per heavy atom. The third kappa shape index (κ3) is 3.24. The van der Waals surface area contributed by atoms with Gasteiger partial charge in [-0.15, -0.1) is 0 Å². The molecular weight excluding hydrogens is 238 g/mol. The highest BCUT2D eigenvalue weighted by Crippen LogP contribution is 2.31. The number of hydrogen-bond acceptors (Lipinski definition) is 1. The molecule has 1 aliphatic carbocycles. The minimum atomic E-state index is -0.0502. The van der Waals surface area contributed by atoms with E-state index in [4.69, 9.17) is 17.2 Å². The molecule has 0 radical (unpaired) electrons. The molecule has 2 rings (SSSR count). The van der Waals surface area contributed by atoms with Gasteiger partial charge < -0.3 is 17.2 Å². The first-order chi connectivity index (χ1) is 9.10. The molecule has 0 saturated carbocycles. The molecule has 19 heavy (non-hydrogen) atoms. The van der Waals surface area contributed by atoms with Crippen molar-refractivity contribution in [1.82, 2.24) is 0 Å². The second-order valence-corrected chi connectivity index (χ2v) is 4.94. The van der Waals surface area contributed by atoms with E-state index in [0.29, 0.717) is 5.92 Å². The first-order valence-electron chi connectivity index (χ1n) is 6.59. The fourth-order valence-electron chi connectivity index (χ4n) is 2.73. The fraction of sp³-hybridized carbons (Fsp3) is 0.429. The summed E-state index contributed by atoms with van der Waals surface area (Å²) in [7, 11) is 0. The van der Waals surface area contributed by atoms with E-state index < -0.39 is 0 Å². The lowest BCUT2D eigenvalue weighted by molar-refractivity contribution is 0.431. The second kappa shape index (κ2) is 5.73. The van der Waals surface area contributed by atoms with Crippen LogP contribution in [-0.4, -0.2) is 18.0 Å². The molecule has 0 amide bonds.